The van der Waals surface area contributed by atoms with Gasteiger partial charge in [0.2, 0.25) is 0 Å². The Hall–Kier alpha value is -2.79. The number of sulfonamides is 1. The maximum absolute atomic E-state index is 14.0. The lowest BCUT2D eigenvalue weighted by Gasteiger charge is -2.36. The first-order valence-electron chi connectivity index (χ1n) is 10.9. The molecule has 33 heavy (non-hydrogen) atoms. The Kier molecular flexibility index (Phi) is 6.80. The third kappa shape index (κ3) is 5.41. The number of carboxylic acid groups (broad SMARTS) is 1. The maximum atomic E-state index is 14.0. The predicted octanol–water partition coefficient (Wildman–Crippen LogP) is 3.17. The second-order valence-corrected chi connectivity index (χ2v) is 10.2. The van der Waals surface area contributed by atoms with Gasteiger partial charge in [-0.3, -0.25) is 4.72 Å². The summed E-state index contributed by atoms with van der Waals surface area (Å²) in [5, 5.41) is 9.75. The van der Waals surface area contributed by atoms with E-state index in [0.29, 0.717) is 31.1 Å². The average molecular weight is 481 g/mol. The van der Waals surface area contributed by atoms with Crippen LogP contribution in [0, 0.1) is 17.6 Å². The van der Waals surface area contributed by atoms with E-state index in [1.165, 1.54) is 19.0 Å². The summed E-state index contributed by atoms with van der Waals surface area (Å²) in [5.41, 5.74) is -0.304. The molecule has 8 nitrogen and oxygen atoms in total. The number of aromatic nitrogens is 1. The lowest BCUT2D eigenvalue weighted by molar-refractivity contribution is 0.0697. The van der Waals surface area contributed by atoms with E-state index in [0.717, 1.165) is 44.6 Å². The molecule has 178 valence electrons. The zero-order valence-corrected chi connectivity index (χ0v) is 18.8. The van der Waals surface area contributed by atoms with Crippen molar-refractivity contribution in [3.8, 4) is 0 Å². The summed E-state index contributed by atoms with van der Waals surface area (Å²) < 4.78 is 54.6. The number of nitrogens with one attached hydrogen (secondary N) is 1. The lowest BCUT2D eigenvalue weighted by Crippen LogP contribution is -2.41. The summed E-state index contributed by atoms with van der Waals surface area (Å²) in [4.78, 5) is 19.7. The Morgan fingerprint density at radius 1 is 1.15 bits per heavy atom. The fraction of sp³-hybridized carbons (Fsp3) is 0.455. The molecule has 2 aromatic rings. The SMILES string of the molecule is O=C(O)c1cc(NS(=O)(=O)c2cc(F)ccc2F)cnc1N1CCCC(CN2CCCC2)C1. The van der Waals surface area contributed by atoms with Crippen molar-refractivity contribution < 1.29 is 27.1 Å². The van der Waals surface area contributed by atoms with Gasteiger partial charge in [0.1, 0.15) is 27.9 Å². The minimum Gasteiger partial charge on any atom is -0.478 e. The molecule has 0 radical (unpaired) electrons. The van der Waals surface area contributed by atoms with Crippen molar-refractivity contribution in [3.05, 3.63) is 47.7 Å². The summed E-state index contributed by atoms with van der Waals surface area (Å²) in [6.07, 6.45) is 5.58. The van der Waals surface area contributed by atoms with Gasteiger partial charge in [0.05, 0.1) is 11.9 Å². The highest BCUT2D eigenvalue weighted by Gasteiger charge is 2.28. The van der Waals surface area contributed by atoms with Crippen LogP contribution in [0.3, 0.4) is 0 Å². The molecule has 2 fully saturated rings. The number of rotatable bonds is 7. The molecule has 2 N–H and O–H groups in total. The van der Waals surface area contributed by atoms with Gasteiger partial charge in [-0.1, -0.05) is 0 Å². The van der Waals surface area contributed by atoms with E-state index in [2.05, 4.69) is 14.6 Å². The number of pyridine rings is 1. The Morgan fingerprint density at radius 3 is 2.64 bits per heavy atom. The van der Waals surface area contributed by atoms with Crippen LogP contribution in [0.15, 0.2) is 35.4 Å². The van der Waals surface area contributed by atoms with Gasteiger partial charge >= 0.3 is 5.97 Å². The number of likely N-dealkylation sites (tertiary alicyclic amines) is 1. The highest BCUT2D eigenvalue weighted by atomic mass is 32.2. The highest BCUT2D eigenvalue weighted by molar-refractivity contribution is 7.92. The van der Waals surface area contributed by atoms with Crippen molar-refractivity contribution in [2.75, 3.05) is 42.3 Å². The van der Waals surface area contributed by atoms with Gasteiger partial charge in [-0.15, -0.1) is 0 Å². The normalized spacial score (nSPS) is 19.6. The average Bonchev–Trinajstić information content (AvgIpc) is 3.28. The van der Waals surface area contributed by atoms with Crippen molar-refractivity contribution in [2.45, 2.75) is 30.6 Å². The van der Waals surface area contributed by atoms with E-state index in [4.69, 9.17) is 0 Å². The van der Waals surface area contributed by atoms with Gasteiger partial charge in [0.15, 0.2) is 0 Å². The topological polar surface area (TPSA) is 103 Å². The molecule has 2 saturated heterocycles. The quantitative estimate of drug-likeness (QED) is 0.628. The first-order valence-corrected chi connectivity index (χ1v) is 12.4. The molecule has 11 heteroatoms. The molecule has 0 amide bonds. The summed E-state index contributed by atoms with van der Waals surface area (Å²) in [6, 6.07) is 3.24. The molecule has 1 unspecified atom stereocenters. The standard InChI is InChI=1S/C22H26F2N4O4S/c23-16-5-6-19(24)20(10-16)33(31,32)26-17-11-18(22(29)30)21(25-12-17)28-9-3-4-15(14-28)13-27-7-1-2-8-27/h5-6,10-12,15,26H,1-4,7-9,13-14H2,(H,29,30). The van der Waals surface area contributed by atoms with E-state index >= 15 is 0 Å². The van der Waals surface area contributed by atoms with Crippen LogP contribution in [0.4, 0.5) is 20.3 Å². The third-order valence-electron chi connectivity index (χ3n) is 6.07. The van der Waals surface area contributed by atoms with Crippen LogP contribution >= 0.6 is 0 Å². The summed E-state index contributed by atoms with van der Waals surface area (Å²) in [6.45, 7) is 4.48. The second kappa shape index (κ2) is 9.60. The number of benzene rings is 1. The van der Waals surface area contributed by atoms with Gasteiger partial charge in [-0.25, -0.2) is 27.0 Å². The monoisotopic (exact) mass is 480 g/mol. The molecule has 0 aliphatic carbocycles. The van der Waals surface area contributed by atoms with Gasteiger partial charge in [0, 0.05) is 19.6 Å². The number of carbonyl (C=O) groups is 1. The first-order chi connectivity index (χ1) is 15.7. The summed E-state index contributed by atoms with van der Waals surface area (Å²) in [5.74, 6) is -2.62. The van der Waals surface area contributed by atoms with E-state index in [1.54, 1.807) is 0 Å². The van der Waals surface area contributed by atoms with Crippen LogP contribution in [0.5, 0.6) is 0 Å². The van der Waals surface area contributed by atoms with Crippen molar-refractivity contribution in [2.24, 2.45) is 5.92 Å². The Balaban J connectivity index is 1.55. The van der Waals surface area contributed by atoms with Gasteiger partial charge < -0.3 is 14.9 Å². The van der Waals surface area contributed by atoms with Crippen molar-refractivity contribution >= 4 is 27.5 Å². The molecule has 0 bridgehead atoms. The van der Waals surface area contributed by atoms with Crippen LogP contribution in [-0.2, 0) is 10.0 Å². The second-order valence-electron chi connectivity index (χ2n) is 8.54. The van der Waals surface area contributed by atoms with Crippen LogP contribution in [-0.4, -0.2) is 62.1 Å². The minimum atomic E-state index is -4.49. The summed E-state index contributed by atoms with van der Waals surface area (Å²) >= 11 is 0. The number of halogens is 2. The zero-order chi connectivity index (χ0) is 23.6. The van der Waals surface area contributed by atoms with E-state index < -0.39 is 32.5 Å². The molecule has 1 aromatic heterocycles. The van der Waals surface area contributed by atoms with Gasteiger partial charge in [-0.05, 0) is 69.0 Å². The number of aromatic carboxylic acids is 1. The largest absolute Gasteiger partial charge is 0.478 e. The Morgan fingerprint density at radius 2 is 1.91 bits per heavy atom. The molecular formula is C22H26F2N4O4S. The number of hydrogen-bond donors (Lipinski definition) is 2. The van der Waals surface area contributed by atoms with E-state index in [9.17, 15) is 27.1 Å². The summed E-state index contributed by atoms with van der Waals surface area (Å²) in [7, 11) is -4.49. The maximum Gasteiger partial charge on any atom is 0.339 e. The fourth-order valence-corrected chi connectivity index (χ4v) is 5.68. The van der Waals surface area contributed by atoms with Crippen molar-refractivity contribution in [1.29, 1.82) is 0 Å². The highest BCUT2D eigenvalue weighted by Crippen LogP contribution is 2.29. The molecule has 0 spiro atoms. The molecule has 4 rings (SSSR count). The number of carboxylic acids is 1. The molecule has 2 aliphatic rings. The Bertz CT molecular complexity index is 1140. The van der Waals surface area contributed by atoms with E-state index in [1.807, 2.05) is 4.90 Å². The smallest absolute Gasteiger partial charge is 0.339 e. The molecule has 3 heterocycles. The minimum absolute atomic E-state index is 0.148. The number of anilines is 2. The fourth-order valence-electron chi connectivity index (χ4n) is 4.55. The van der Waals surface area contributed by atoms with Gasteiger partial charge in [0.25, 0.3) is 10.0 Å². The first kappa shape index (κ1) is 23.4. The van der Waals surface area contributed by atoms with Crippen LogP contribution in [0.2, 0.25) is 0 Å². The molecule has 0 saturated carbocycles. The van der Waals surface area contributed by atoms with Crippen LogP contribution in [0.25, 0.3) is 0 Å². The molecule has 2 aliphatic heterocycles. The van der Waals surface area contributed by atoms with Gasteiger partial charge in [-0.2, -0.15) is 0 Å². The third-order valence-corrected chi connectivity index (χ3v) is 7.46. The van der Waals surface area contributed by atoms with Crippen LogP contribution < -0.4 is 9.62 Å². The number of hydrogen-bond acceptors (Lipinski definition) is 6. The molecular weight excluding hydrogens is 454 g/mol. The van der Waals surface area contributed by atoms with E-state index in [-0.39, 0.29) is 17.1 Å². The zero-order valence-electron chi connectivity index (χ0n) is 18.0. The predicted molar refractivity (Wildman–Crippen MR) is 119 cm³/mol. The number of piperidine rings is 1. The lowest BCUT2D eigenvalue weighted by atomic mass is 9.97. The Labute approximate surface area is 191 Å². The van der Waals surface area contributed by atoms with Crippen molar-refractivity contribution in [3.63, 3.8) is 0 Å². The molecule has 1 aromatic carbocycles. The number of nitrogens with zero attached hydrogens (tertiary/aromatic N) is 3. The molecule has 1 atom stereocenters. The van der Waals surface area contributed by atoms with Crippen LogP contribution in [0.1, 0.15) is 36.0 Å². The van der Waals surface area contributed by atoms with Crippen molar-refractivity contribution in [1.82, 2.24) is 9.88 Å².